The summed E-state index contributed by atoms with van der Waals surface area (Å²) < 4.78 is 4.12. The second kappa shape index (κ2) is 12.2. The number of carboxylic acids is 1. The van der Waals surface area contributed by atoms with Crippen LogP contribution in [0.1, 0.15) is 32.6 Å². The van der Waals surface area contributed by atoms with Crippen molar-refractivity contribution in [2.45, 2.75) is 12.5 Å². The zero-order chi connectivity index (χ0) is 33.4. The molecule has 8 aromatic rings. The highest BCUT2D eigenvalue weighted by molar-refractivity contribution is 5.97. The minimum absolute atomic E-state index is 0.312. The van der Waals surface area contributed by atoms with Gasteiger partial charge in [0.1, 0.15) is 16.9 Å². The van der Waals surface area contributed by atoms with Gasteiger partial charge in [-0.25, -0.2) is 9.78 Å². The summed E-state index contributed by atoms with van der Waals surface area (Å²) in [5.41, 5.74) is 9.52. The first-order valence-corrected chi connectivity index (χ1v) is 16.2. The first-order chi connectivity index (χ1) is 24.0. The number of aryl methyl sites for hydroxylation is 1. The lowest BCUT2D eigenvalue weighted by atomic mass is 9.77. The molecule has 236 valence electrons. The molecule has 0 spiro atoms. The number of rotatable bonds is 8. The van der Waals surface area contributed by atoms with Crippen LogP contribution in [0.25, 0.3) is 39.2 Å². The van der Waals surface area contributed by atoms with Gasteiger partial charge in [-0.3, -0.25) is 4.68 Å². The molecular formula is C43H32N4O2. The third-order valence-electron chi connectivity index (χ3n) is 9.29. The van der Waals surface area contributed by atoms with Gasteiger partial charge < -0.3 is 9.51 Å². The molecule has 49 heavy (non-hydrogen) atoms. The Hall–Kier alpha value is -6.53. The van der Waals surface area contributed by atoms with E-state index >= 15 is 0 Å². The zero-order valence-electron chi connectivity index (χ0n) is 26.8. The average molecular weight is 637 g/mol. The van der Waals surface area contributed by atoms with Crippen molar-refractivity contribution in [1.82, 2.24) is 19.2 Å². The molecule has 0 atom stereocenters. The molecule has 0 bridgehead atoms. The normalized spacial score (nSPS) is 11.5. The number of imidazole rings is 1. The fraction of sp³-hybridized carbons (Fsp3) is 0.0465. The molecule has 0 aliphatic carbocycles. The Kier molecular flexibility index (Phi) is 7.46. The SMILES string of the molecule is Cc1cccc(-c2ccc(-c3nn(C(c4ccccc4)(c4ccccc4)c4ccccc4)cc3-c3ccc4nccn4c3)cc2)c1C(=O)O. The zero-order valence-corrected chi connectivity index (χ0v) is 26.8. The van der Waals surface area contributed by atoms with Gasteiger partial charge in [-0.15, -0.1) is 0 Å². The van der Waals surface area contributed by atoms with Gasteiger partial charge in [-0.1, -0.05) is 133 Å². The van der Waals surface area contributed by atoms with E-state index in [0.717, 1.165) is 55.8 Å². The molecule has 6 nitrogen and oxygen atoms in total. The molecule has 0 saturated carbocycles. The first kappa shape index (κ1) is 29.8. The Bertz CT molecular complexity index is 2320. The van der Waals surface area contributed by atoms with Crippen LogP contribution in [-0.4, -0.2) is 30.2 Å². The molecule has 0 aliphatic heterocycles. The van der Waals surface area contributed by atoms with Gasteiger partial charge >= 0.3 is 5.97 Å². The summed E-state index contributed by atoms with van der Waals surface area (Å²) in [5.74, 6) is -0.938. The Morgan fingerprint density at radius 3 is 1.78 bits per heavy atom. The van der Waals surface area contributed by atoms with E-state index in [-0.39, 0.29) is 0 Å². The fourth-order valence-electron chi connectivity index (χ4n) is 6.98. The van der Waals surface area contributed by atoms with Crippen molar-refractivity contribution in [2.24, 2.45) is 0 Å². The number of hydrogen-bond acceptors (Lipinski definition) is 3. The lowest BCUT2D eigenvalue weighted by Gasteiger charge is -2.36. The number of aromatic carboxylic acids is 1. The molecule has 5 aromatic carbocycles. The van der Waals surface area contributed by atoms with Crippen LogP contribution in [0.3, 0.4) is 0 Å². The van der Waals surface area contributed by atoms with Gasteiger partial charge in [0.05, 0.1) is 5.56 Å². The van der Waals surface area contributed by atoms with Gasteiger partial charge in [0, 0.05) is 41.5 Å². The van der Waals surface area contributed by atoms with E-state index < -0.39 is 11.5 Å². The van der Waals surface area contributed by atoms with Crippen LogP contribution in [0.2, 0.25) is 0 Å². The average Bonchev–Trinajstić information content (AvgIpc) is 3.81. The van der Waals surface area contributed by atoms with E-state index in [1.807, 2.05) is 84.3 Å². The molecular weight excluding hydrogens is 604 g/mol. The molecule has 6 heteroatoms. The summed E-state index contributed by atoms with van der Waals surface area (Å²) in [4.78, 5) is 16.7. The van der Waals surface area contributed by atoms with Gasteiger partial charge in [0.2, 0.25) is 0 Å². The van der Waals surface area contributed by atoms with E-state index in [4.69, 9.17) is 5.10 Å². The monoisotopic (exact) mass is 636 g/mol. The molecule has 0 amide bonds. The second-order valence-corrected chi connectivity index (χ2v) is 12.1. The van der Waals surface area contributed by atoms with Crippen molar-refractivity contribution in [3.63, 3.8) is 0 Å². The van der Waals surface area contributed by atoms with E-state index in [1.54, 1.807) is 6.20 Å². The smallest absolute Gasteiger partial charge is 0.336 e. The molecule has 0 saturated heterocycles. The summed E-state index contributed by atoms with van der Waals surface area (Å²) in [6.07, 6.45) is 7.98. The molecule has 0 unspecified atom stereocenters. The number of aromatic nitrogens is 4. The predicted octanol–water partition coefficient (Wildman–Crippen LogP) is 9.38. The molecule has 3 heterocycles. The Morgan fingerprint density at radius 1 is 0.612 bits per heavy atom. The topological polar surface area (TPSA) is 72.4 Å². The van der Waals surface area contributed by atoms with E-state index in [9.17, 15) is 9.90 Å². The number of hydrogen-bond donors (Lipinski definition) is 1. The number of benzene rings is 5. The van der Waals surface area contributed by atoms with Gasteiger partial charge in [-0.2, -0.15) is 5.10 Å². The molecule has 0 fully saturated rings. The number of carboxylic acid groups (broad SMARTS) is 1. The van der Waals surface area contributed by atoms with Crippen LogP contribution in [0.15, 0.2) is 170 Å². The number of nitrogens with zero attached hydrogens (tertiary/aromatic N) is 4. The van der Waals surface area contributed by atoms with Crippen molar-refractivity contribution < 1.29 is 9.90 Å². The molecule has 3 aromatic heterocycles. The lowest BCUT2D eigenvalue weighted by Crippen LogP contribution is -2.38. The molecule has 0 aliphatic rings. The highest BCUT2D eigenvalue weighted by Gasteiger charge is 2.40. The van der Waals surface area contributed by atoms with Crippen molar-refractivity contribution in [1.29, 1.82) is 0 Å². The van der Waals surface area contributed by atoms with E-state index in [2.05, 4.69) is 101 Å². The van der Waals surface area contributed by atoms with Crippen LogP contribution in [-0.2, 0) is 5.54 Å². The third kappa shape index (κ3) is 5.11. The molecule has 0 radical (unpaired) electrons. The summed E-state index contributed by atoms with van der Waals surface area (Å²) in [5, 5.41) is 15.5. The Morgan fingerprint density at radius 2 is 1.18 bits per heavy atom. The lowest BCUT2D eigenvalue weighted by molar-refractivity contribution is 0.0697. The highest BCUT2D eigenvalue weighted by Crippen LogP contribution is 2.43. The minimum atomic E-state index is -0.938. The number of fused-ring (bicyclic) bond motifs is 1. The summed E-state index contributed by atoms with van der Waals surface area (Å²) in [6.45, 7) is 1.83. The molecule has 1 N–H and O–H groups in total. The quantitative estimate of drug-likeness (QED) is 0.169. The Balaban J connectivity index is 1.39. The summed E-state index contributed by atoms with van der Waals surface area (Å²) in [6, 6.07) is 49.2. The van der Waals surface area contributed by atoms with Crippen molar-refractivity contribution in [3.05, 3.63) is 198 Å². The van der Waals surface area contributed by atoms with Gasteiger partial charge in [0.25, 0.3) is 0 Å². The van der Waals surface area contributed by atoms with Crippen LogP contribution in [0, 0.1) is 6.92 Å². The maximum atomic E-state index is 12.2. The second-order valence-electron chi connectivity index (χ2n) is 12.1. The summed E-state index contributed by atoms with van der Waals surface area (Å²) >= 11 is 0. The van der Waals surface area contributed by atoms with Crippen molar-refractivity contribution in [2.75, 3.05) is 0 Å². The van der Waals surface area contributed by atoms with Gasteiger partial charge in [-0.05, 0) is 52.4 Å². The van der Waals surface area contributed by atoms with Crippen LogP contribution in [0.4, 0.5) is 0 Å². The van der Waals surface area contributed by atoms with Crippen LogP contribution >= 0.6 is 0 Å². The minimum Gasteiger partial charge on any atom is -0.478 e. The maximum absolute atomic E-state index is 12.2. The Labute approximate surface area is 284 Å². The van der Waals surface area contributed by atoms with Crippen molar-refractivity contribution in [3.8, 4) is 33.5 Å². The first-order valence-electron chi connectivity index (χ1n) is 16.2. The molecule has 8 rings (SSSR count). The van der Waals surface area contributed by atoms with Gasteiger partial charge in [0.15, 0.2) is 0 Å². The standard InChI is InChI=1S/C43H32N4O2/c1-30-12-11-19-37(40(30)42(48)49)31-20-22-32(23-21-31)41-38(33-24-25-39-44-26-27-46(39)28-33)29-47(45-41)43(34-13-5-2-6-14-34,35-15-7-3-8-16-35)36-17-9-4-10-18-36/h2-29H,1H3,(H,48,49). The number of pyridine rings is 1. The fourth-order valence-corrected chi connectivity index (χ4v) is 6.98. The van der Waals surface area contributed by atoms with E-state index in [0.29, 0.717) is 11.1 Å². The van der Waals surface area contributed by atoms with Crippen LogP contribution < -0.4 is 0 Å². The van der Waals surface area contributed by atoms with E-state index in [1.165, 1.54) is 0 Å². The highest BCUT2D eigenvalue weighted by atomic mass is 16.4. The maximum Gasteiger partial charge on any atom is 0.336 e. The summed E-state index contributed by atoms with van der Waals surface area (Å²) in [7, 11) is 0. The predicted molar refractivity (Wildman–Crippen MR) is 194 cm³/mol. The van der Waals surface area contributed by atoms with Crippen LogP contribution in [0.5, 0.6) is 0 Å². The van der Waals surface area contributed by atoms with Crippen molar-refractivity contribution >= 4 is 11.6 Å². The number of carbonyl (C=O) groups is 1. The largest absolute Gasteiger partial charge is 0.478 e. The third-order valence-corrected chi connectivity index (χ3v) is 9.29.